The lowest BCUT2D eigenvalue weighted by atomic mass is 9.97. The van der Waals surface area contributed by atoms with Crippen LogP contribution in [0.2, 0.25) is 10.0 Å². The average Bonchev–Trinajstić information content (AvgIpc) is 2.36. The van der Waals surface area contributed by atoms with Crippen molar-refractivity contribution >= 4 is 23.2 Å². The van der Waals surface area contributed by atoms with E-state index in [0.717, 1.165) is 11.1 Å². The molecule has 100 valence electrons. The molecule has 0 aliphatic carbocycles. The van der Waals surface area contributed by atoms with Crippen LogP contribution in [0.3, 0.4) is 0 Å². The second-order valence-electron chi connectivity index (χ2n) is 4.41. The first-order valence-electron chi connectivity index (χ1n) is 5.91. The Morgan fingerprint density at radius 1 is 1.00 bits per heavy atom. The van der Waals surface area contributed by atoms with Crippen LogP contribution in [0, 0.1) is 12.7 Å². The predicted molar refractivity (Wildman–Crippen MR) is 78.5 cm³/mol. The third kappa shape index (κ3) is 3.08. The van der Waals surface area contributed by atoms with E-state index in [1.165, 1.54) is 12.1 Å². The van der Waals surface area contributed by atoms with Crippen molar-refractivity contribution in [3.8, 4) is 0 Å². The Hall–Kier alpha value is -1.09. The molecule has 0 bridgehead atoms. The number of benzene rings is 2. The van der Waals surface area contributed by atoms with Gasteiger partial charge >= 0.3 is 0 Å². The van der Waals surface area contributed by atoms with E-state index >= 15 is 0 Å². The number of halogens is 3. The highest BCUT2D eigenvalue weighted by atomic mass is 35.5. The normalized spacial score (nSPS) is 12.5. The molecule has 0 aliphatic heterocycles. The Balaban J connectivity index is 2.52. The van der Waals surface area contributed by atoms with Crippen LogP contribution < -0.4 is 5.32 Å². The van der Waals surface area contributed by atoms with Crippen molar-refractivity contribution in [2.75, 3.05) is 7.05 Å². The summed E-state index contributed by atoms with van der Waals surface area (Å²) in [5.74, 6) is -0.317. The molecule has 1 atom stereocenters. The van der Waals surface area contributed by atoms with Crippen LogP contribution in [0.1, 0.15) is 22.7 Å². The van der Waals surface area contributed by atoms with Crippen LogP contribution in [0.25, 0.3) is 0 Å². The summed E-state index contributed by atoms with van der Waals surface area (Å²) in [6.45, 7) is 1.97. The number of hydrogen-bond acceptors (Lipinski definition) is 1. The highest BCUT2D eigenvalue weighted by Gasteiger charge is 2.18. The molecule has 0 heterocycles. The van der Waals surface area contributed by atoms with E-state index in [0.29, 0.717) is 15.6 Å². The van der Waals surface area contributed by atoms with Gasteiger partial charge in [-0.05, 0) is 54.9 Å². The van der Waals surface area contributed by atoms with Gasteiger partial charge in [0, 0.05) is 10.0 Å². The maximum absolute atomic E-state index is 13.4. The van der Waals surface area contributed by atoms with E-state index in [-0.39, 0.29) is 11.9 Å². The number of rotatable bonds is 3. The second-order valence-corrected chi connectivity index (χ2v) is 5.23. The largest absolute Gasteiger partial charge is 0.309 e. The minimum Gasteiger partial charge on any atom is -0.309 e. The van der Waals surface area contributed by atoms with Gasteiger partial charge in [-0.15, -0.1) is 0 Å². The molecule has 2 rings (SSSR count). The van der Waals surface area contributed by atoms with E-state index in [9.17, 15) is 4.39 Å². The summed E-state index contributed by atoms with van der Waals surface area (Å²) in [5.41, 5.74) is 2.63. The molecule has 0 aliphatic rings. The quantitative estimate of drug-likeness (QED) is 0.862. The van der Waals surface area contributed by atoms with Crippen LogP contribution >= 0.6 is 23.2 Å². The van der Waals surface area contributed by atoms with Crippen LogP contribution in [-0.2, 0) is 0 Å². The maximum atomic E-state index is 13.4. The van der Waals surface area contributed by atoms with Gasteiger partial charge in [-0.25, -0.2) is 4.39 Å². The summed E-state index contributed by atoms with van der Waals surface area (Å²) in [6, 6.07) is 9.87. The van der Waals surface area contributed by atoms with E-state index in [1.807, 2.05) is 25.1 Å². The molecule has 0 saturated heterocycles. The van der Waals surface area contributed by atoms with Gasteiger partial charge in [0.25, 0.3) is 0 Å². The fourth-order valence-electron chi connectivity index (χ4n) is 2.08. The summed E-state index contributed by atoms with van der Waals surface area (Å²) in [5, 5.41) is 4.28. The van der Waals surface area contributed by atoms with Gasteiger partial charge in [0.15, 0.2) is 0 Å². The molecule has 19 heavy (non-hydrogen) atoms. The molecule has 0 amide bonds. The Morgan fingerprint density at radius 3 is 2.37 bits per heavy atom. The van der Waals surface area contributed by atoms with Crippen molar-refractivity contribution in [1.29, 1.82) is 0 Å². The molecular formula is C15H14Cl2FN. The molecule has 2 aromatic rings. The Bertz CT molecular complexity index is 599. The van der Waals surface area contributed by atoms with Gasteiger partial charge in [-0.1, -0.05) is 35.3 Å². The molecule has 4 heteroatoms. The number of nitrogens with one attached hydrogen (secondary N) is 1. The monoisotopic (exact) mass is 297 g/mol. The second kappa shape index (κ2) is 5.91. The zero-order valence-corrected chi connectivity index (χ0v) is 12.2. The highest BCUT2D eigenvalue weighted by molar-refractivity contribution is 6.32. The topological polar surface area (TPSA) is 12.0 Å². The van der Waals surface area contributed by atoms with Crippen molar-refractivity contribution in [3.05, 3.63) is 69.0 Å². The molecule has 0 saturated carbocycles. The standard InChI is InChI=1S/C15H14Cl2FN/c1-9-3-5-11(14(17)7-9)15(19-2)12-8-10(18)4-6-13(12)16/h3-8,15,19H,1-2H3. The smallest absolute Gasteiger partial charge is 0.123 e. The minimum absolute atomic E-state index is 0.240. The lowest BCUT2D eigenvalue weighted by Gasteiger charge is -2.20. The Morgan fingerprint density at radius 2 is 1.74 bits per heavy atom. The molecule has 0 spiro atoms. The van der Waals surface area contributed by atoms with Gasteiger partial charge < -0.3 is 5.32 Å². The molecule has 1 N–H and O–H groups in total. The molecule has 0 radical (unpaired) electrons. The molecular weight excluding hydrogens is 284 g/mol. The first-order valence-corrected chi connectivity index (χ1v) is 6.66. The third-order valence-corrected chi connectivity index (χ3v) is 3.70. The fraction of sp³-hybridized carbons (Fsp3) is 0.200. The zero-order valence-electron chi connectivity index (χ0n) is 10.7. The number of hydrogen-bond donors (Lipinski definition) is 1. The highest BCUT2D eigenvalue weighted by Crippen LogP contribution is 2.33. The first-order chi connectivity index (χ1) is 9.02. The summed E-state index contributed by atoms with van der Waals surface area (Å²) in [4.78, 5) is 0. The van der Waals surface area contributed by atoms with Crippen LogP contribution in [0.15, 0.2) is 36.4 Å². The molecule has 0 fully saturated rings. The molecule has 2 aromatic carbocycles. The van der Waals surface area contributed by atoms with Crippen LogP contribution in [0.5, 0.6) is 0 Å². The lowest BCUT2D eigenvalue weighted by Crippen LogP contribution is -2.18. The average molecular weight is 298 g/mol. The predicted octanol–water partition coefficient (Wildman–Crippen LogP) is 4.75. The molecule has 1 unspecified atom stereocenters. The van der Waals surface area contributed by atoms with E-state index in [1.54, 1.807) is 13.1 Å². The third-order valence-electron chi connectivity index (χ3n) is 3.02. The van der Waals surface area contributed by atoms with E-state index in [2.05, 4.69) is 5.32 Å². The summed E-state index contributed by atoms with van der Waals surface area (Å²) >= 11 is 12.4. The molecule has 0 aromatic heterocycles. The SMILES string of the molecule is CNC(c1ccc(C)cc1Cl)c1cc(F)ccc1Cl. The van der Waals surface area contributed by atoms with Crippen molar-refractivity contribution in [1.82, 2.24) is 5.32 Å². The maximum Gasteiger partial charge on any atom is 0.123 e. The Labute approximate surface area is 122 Å². The van der Waals surface area contributed by atoms with Crippen LogP contribution in [0.4, 0.5) is 4.39 Å². The van der Waals surface area contributed by atoms with Crippen molar-refractivity contribution in [2.24, 2.45) is 0 Å². The van der Waals surface area contributed by atoms with E-state index < -0.39 is 0 Å². The van der Waals surface area contributed by atoms with Gasteiger partial charge in [-0.2, -0.15) is 0 Å². The lowest BCUT2D eigenvalue weighted by molar-refractivity contribution is 0.617. The van der Waals surface area contributed by atoms with Crippen LogP contribution in [-0.4, -0.2) is 7.05 Å². The minimum atomic E-state index is -0.317. The number of aryl methyl sites for hydroxylation is 1. The van der Waals surface area contributed by atoms with Crippen molar-refractivity contribution < 1.29 is 4.39 Å². The van der Waals surface area contributed by atoms with Gasteiger partial charge in [0.1, 0.15) is 5.82 Å². The zero-order chi connectivity index (χ0) is 14.0. The molecule has 1 nitrogen and oxygen atoms in total. The van der Waals surface area contributed by atoms with Gasteiger partial charge in [0.05, 0.1) is 6.04 Å². The van der Waals surface area contributed by atoms with Crippen molar-refractivity contribution in [2.45, 2.75) is 13.0 Å². The summed E-state index contributed by atoms with van der Waals surface area (Å²) in [7, 11) is 1.79. The first kappa shape index (κ1) is 14.3. The summed E-state index contributed by atoms with van der Waals surface area (Å²) in [6.07, 6.45) is 0. The van der Waals surface area contributed by atoms with Gasteiger partial charge in [0.2, 0.25) is 0 Å². The van der Waals surface area contributed by atoms with Crippen molar-refractivity contribution in [3.63, 3.8) is 0 Å². The van der Waals surface area contributed by atoms with Gasteiger partial charge in [-0.3, -0.25) is 0 Å². The van der Waals surface area contributed by atoms with E-state index in [4.69, 9.17) is 23.2 Å². The Kier molecular flexibility index (Phi) is 4.46. The fourth-order valence-corrected chi connectivity index (χ4v) is 2.65. The summed E-state index contributed by atoms with van der Waals surface area (Å²) < 4.78 is 13.4.